The molecular formula is C23H38N7O17P3S. The van der Waals surface area contributed by atoms with E-state index in [1.54, 1.807) is 0 Å². The van der Waals surface area contributed by atoms with E-state index in [9.17, 15) is 57.9 Å². The lowest BCUT2D eigenvalue weighted by Crippen LogP contribution is -2.46. The Morgan fingerprint density at radius 2 is 1.75 bits per heavy atom. The number of aliphatic hydroxyl groups is 2. The van der Waals surface area contributed by atoms with Crippen molar-refractivity contribution in [3.63, 3.8) is 0 Å². The minimum atomic E-state index is -5.56. The van der Waals surface area contributed by atoms with Crippen molar-refractivity contribution in [2.45, 2.75) is 57.8 Å². The number of carbonyl (C=O) groups is 3. The van der Waals surface area contributed by atoms with Gasteiger partial charge in [-0.3, -0.25) is 32.5 Å². The van der Waals surface area contributed by atoms with Gasteiger partial charge in [0, 0.05) is 37.6 Å². The molecule has 7 atom stereocenters. The predicted octanol–water partition coefficient (Wildman–Crippen LogP) is -1.32. The van der Waals surface area contributed by atoms with Crippen LogP contribution in [0, 0.1) is 5.41 Å². The van der Waals surface area contributed by atoms with Crippen molar-refractivity contribution in [3.8, 4) is 0 Å². The Kier molecular flexibility index (Phi) is 14.8. The average Bonchev–Trinajstić information content (AvgIpc) is 3.57. The Balaban J connectivity index is 1.55. The molecule has 10 N–H and O–H groups in total. The molecule has 0 spiro atoms. The fourth-order valence-corrected chi connectivity index (χ4v) is 7.65. The zero-order chi connectivity index (χ0) is 38.4. The number of aromatic nitrogens is 4. The van der Waals surface area contributed by atoms with Crippen molar-refractivity contribution in [3.05, 3.63) is 12.7 Å². The summed E-state index contributed by atoms with van der Waals surface area (Å²) < 4.78 is 61.8. The number of hydrogen-bond donors (Lipinski definition) is 9. The first-order valence-electron chi connectivity index (χ1n) is 14.5. The highest BCUT2D eigenvalue weighted by Gasteiger charge is 2.50. The fourth-order valence-electron chi connectivity index (χ4n) is 4.32. The minimum Gasteiger partial charge on any atom is -0.386 e. The number of nitrogen functional groups attached to an aromatic ring is 1. The van der Waals surface area contributed by atoms with Gasteiger partial charge in [-0.15, -0.1) is 0 Å². The van der Waals surface area contributed by atoms with E-state index in [1.807, 2.05) is 0 Å². The van der Waals surface area contributed by atoms with Gasteiger partial charge in [0.15, 0.2) is 22.8 Å². The van der Waals surface area contributed by atoms with Crippen molar-refractivity contribution < 1.29 is 80.5 Å². The first-order valence-corrected chi connectivity index (χ1v) is 20.0. The van der Waals surface area contributed by atoms with Crippen LogP contribution in [-0.2, 0) is 50.7 Å². The van der Waals surface area contributed by atoms with Crippen LogP contribution in [0.4, 0.5) is 5.82 Å². The average molecular weight is 810 g/mol. The Labute approximate surface area is 293 Å². The molecule has 2 aromatic rings. The van der Waals surface area contributed by atoms with Crippen molar-refractivity contribution in [2.75, 3.05) is 37.8 Å². The molecular weight excluding hydrogens is 771 g/mol. The van der Waals surface area contributed by atoms with Crippen LogP contribution in [0.1, 0.15) is 33.4 Å². The molecule has 0 saturated carbocycles. The molecule has 2 amide bonds. The second kappa shape index (κ2) is 17.6. The molecule has 1 aliphatic heterocycles. The van der Waals surface area contributed by atoms with E-state index in [0.717, 1.165) is 29.0 Å². The predicted molar refractivity (Wildman–Crippen MR) is 173 cm³/mol. The van der Waals surface area contributed by atoms with Crippen LogP contribution >= 0.6 is 35.2 Å². The molecule has 2 aromatic heterocycles. The largest absolute Gasteiger partial charge is 0.481 e. The van der Waals surface area contributed by atoms with Gasteiger partial charge in [-0.25, -0.2) is 28.6 Å². The summed E-state index contributed by atoms with van der Waals surface area (Å²) in [5.41, 5.74) is 4.26. The molecule has 3 heterocycles. The van der Waals surface area contributed by atoms with E-state index in [-0.39, 0.29) is 41.6 Å². The highest BCUT2D eigenvalue weighted by atomic mass is 32.2. The molecule has 1 saturated heterocycles. The van der Waals surface area contributed by atoms with Crippen LogP contribution in [0.3, 0.4) is 0 Å². The van der Waals surface area contributed by atoms with Gasteiger partial charge in [-0.1, -0.05) is 25.6 Å². The van der Waals surface area contributed by atoms with Crippen LogP contribution in [0.15, 0.2) is 12.7 Å². The van der Waals surface area contributed by atoms with E-state index in [0.29, 0.717) is 5.75 Å². The van der Waals surface area contributed by atoms with Gasteiger partial charge in [0.25, 0.3) is 0 Å². The van der Waals surface area contributed by atoms with E-state index in [2.05, 4.69) is 34.4 Å². The number of rotatable bonds is 19. The van der Waals surface area contributed by atoms with Crippen LogP contribution in [0.2, 0.25) is 0 Å². The number of thioether (sulfide) groups is 1. The molecule has 24 nitrogen and oxygen atoms in total. The highest BCUT2D eigenvalue weighted by molar-refractivity contribution is 8.13. The van der Waals surface area contributed by atoms with Crippen molar-refractivity contribution in [2.24, 2.45) is 5.41 Å². The number of imidazole rings is 1. The van der Waals surface area contributed by atoms with Gasteiger partial charge in [-0.2, -0.15) is 4.31 Å². The Morgan fingerprint density at radius 1 is 1.08 bits per heavy atom. The first kappa shape index (κ1) is 43.0. The van der Waals surface area contributed by atoms with Gasteiger partial charge in [0.1, 0.15) is 36.3 Å². The molecule has 3 rings (SSSR count). The van der Waals surface area contributed by atoms with E-state index in [4.69, 9.17) is 19.5 Å². The molecule has 51 heavy (non-hydrogen) atoms. The molecule has 288 valence electrons. The van der Waals surface area contributed by atoms with Gasteiger partial charge >= 0.3 is 23.5 Å². The maximum Gasteiger partial charge on any atom is 0.481 e. The van der Waals surface area contributed by atoms with Crippen molar-refractivity contribution in [1.29, 1.82) is 0 Å². The molecule has 1 fully saturated rings. The number of phosphoric acid groups is 3. The second-order valence-electron chi connectivity index (χ2n) is 11.4. The third-order valence-electron chi connectivity index (χ3n) is 6.81. The Hall–Kier alpha value is -2.44. The lowest BCUT2D eigenvalue weighted by molar-refractivity contribution is -0.137. The molecule has 1 aliphatic rings. The van der Waals surface area contributed by atoms with Crippen LogP contribution in [-0.4, -0.2) is 123 Å². The lowest BCUT2D eigenvalue weighted by atomic mass is 9.87. The highest BCUT2D eigenvalue weighted by Crippen LogP contribution is 2.61. The lowest BCUT2D eigenvalue weighted by Gasteiger charge is -2.30. The number of aliphatic hydroxyl groups excluding tert-OH is 2. The number of amides is 2. The third kappa shape index (κ3) is 12.9. The molecule has 0 aliphatic carbocycles. The van der Waals surface area contributed by atoms with Gasteiger partial charge in [0.05, 0.1) is 19.5 Å². The number of hydrogen-bond acceptors (Lipinski definition) is 18. The maximum atomic E-state index is 12.6. The number of nitrogens with one attached hydrogen (secondary N) is 2. The molecule has 0 aromatic carbocycles. The van der Waals surface area contributed by atoms with Crippen LogP contribution < -0.4 is 16.4 Å². The SMILES string of the molecule is CC(=O)SCCNC(=O)CCNC(=O)[C@@H](O)C(C)(C)COP(=O)(O)OP(=O)(O)OC[C@@H]1O[C@H](n2cnc3c(N)ncnc32)C(O)C1OP(=O)(O)O. The van der Waals surface area contributed by atoms with E-state index >= 15 is 0 Å². The molecule has 28 heteroatoms. The number of fused-ring (bicyclic) bond motifs is 1. The summed E-state index contributed by atoms with van der Waals surface area (Å²) in [5, 5.41) is 26.1. The standard InChI is InChI=1S/C23H38N7O17P3S/c1-12(31)51-7-6-25-14(32)4-5-26-21(35)18(34)23(2,3)9-44-50(41,42)47-49(39,40)43-8-13-17(46-48(36,37)38)16(33)22(45-13)30-11-29-15-19(24)27-10-28-20(15)30/h10-11,13,16-18,22,33-34H,4-9H2,1-3H3,(H,25,32)(H,26,35)(H,39,40)(H,41,42)(H2,24,27,28)(H2,36,37,38)/t13-,16?,17?,18+,22-/m0/s1. The number of nitrogens with two attached hydrogens (primary N) is 1. The molecule has 0 bridgehead atoms. The molecule has 0 radical (unpaired) electrons. The number of phosphoric ester groups is 3. The van der Waals surface area contributed by atoms with Gasteiger partial charge < -0.3 is 50.9 Å². The zero-order valence-corrected chi connectivity index (χ0v) is 30.6. The van der Waals surface area contributed by atoms with E-state index in [1.165, 1.54) is 20.8 Å². The van der Waals surface area contributed by atoms with Crippen molar-refractivity contribution >= 4 is 69.1 Å². The second-order valence-corrected chi connectivity index (χ2v) is 16.9. The summed E-state index contributed by atoms with van der Waals surface area (Å²) >= 11 is 1.03. The molecule has 4 unspecified atom stereocenters. The van der Waals surface area contributed by atoms with Gasteiger partial charge in [-0.05, 0) is 0 Å². The zero-order valence-electron chi connectivity index (χ0n) is 27.1. The smallest absolute Gasteiger partial charge is 0.386 e. The Bertz CT molecular complexity index is 1710. The van der Waals surface area contributed by atoms with Crippen molar-refractivity contribution in [1.82, 2.24) is 30.2 Å². The minimum absolute atomic E-state index is 0.0310. The van der Waals surface area contributed by atoms with E-state index < -0.39 is 84.6 Å². The first-order chi connectivity index (χ1) is 23.5. The summed E-state index contributed by atoms with van der Waals surface area (Å²) in [6, 6.07) is 0. The number of nitrogens with zero attached hydrogens (tertiary/aromatic N) is 4. The number of carbonyl (C=O) groups excluding carboxylic acids is 3. The summed E-state index contributed by atoms with van der Waals surface area (Å²) in [6.07, 6.45) is -6.88. The summed E-state index contributed by atoms with van der Waals surface area (Å²) in [6.45, 7) is 1.90. The summed E-state index contributed by atoms with van der Waals surface area (Å²) in [4.78, 5) is 85.9. The normalized spacial score (nSPS) is 22.6. The maximum absolute atomic E-state index is 12.6. The summed E-state index contributed by atoms with van der Waals surface area (Å²) in [7, 11) is -16.4. The van der Waals surface area contributed by atoms with Gasteiger partial charge in [0.2, 0.25) is 11.8 Å². The Morgan fingerprint density at radius 3 is 2.39 bits per heavy atom. The number of ether oxygens (including phenoxy) is 1. The quantitative estimate of drug-likeness (QED) is 0.0587. The fraction of sp³-hybridized carbons (Fsp3) is 0.652. The van der Waals surface area contributed by atoms with Crippen LogP contribution in [0.25, 0.3) is 11.2 Å². The third-order valence-corrected chi connectivity index (χ3v) is 10.7. The summed E-state index contributed by atoms with van der Waals surface area (Å²) in [5.74, 6) is -1.08. The number of anilines is 1. The monoisotopic (exact) mass is 809 g/mol. The van der Waals surface area contributed by atoms with Crippen LogP contribution in [0.5, 0.6) is 0 Å². The topological polar surface area (TPSA) is 364 Å².